The third-order valence-electron chi connectivity index (χ3n) is 1.52. The van der Waals surface area contributed by atoms with Gasteiger partial charge in [0.1, 0.15) is 0 Å². The zero-order valence-corrected chi connectivity index (χ0v) is 7.32. The quantitative estimate of drug-likeness (QED) is 0.665. The number of H-pyrrole nitrogens is 1. The fraction of sp³-hybridized carbons (Fsp3) is 0.571. The minimum atomic E-state index is 0.968. The summed E-state index contributed by atoms with van der Waals surface area (Å²) in [5.74, 6) is 0. The first-order valence-electron chi connectivity index (χ1n) is 3.50. The molecule has 0 aliphatic carbocycles. The third-order valence-corrected chi connectivity index (χ3v) is 2.17. The second kappa shape index (κ2) is 3.22. The van der Waals surface area contributed by atoms with E-state index >= 15 is 0 Å². The van der Waals surface area contributed by atoms with E-state index in [1.807, 2.05) is 0 Å². The molecule has 0 spiro atoms. The molecular formula is C7H11FeN2. The molecule has 1 N–H and O–H groups in total. The molecule has 1 heterocycles. The van der Waals surface area contributed by atoms with Crippen molar-refractivity contribution in [3.63, 3.8) is 0 Å². The summed E-state index contributed by atoms with van der Waals surface area (Å²) in [7, 11) is 0. The van der Waals surface area contributed by atoms with Crippen molar-refractivity contribution in [2.45, 2.75) is 26.7 Å². The van der Waals surface area contributed by atoms with Crippen molar-refractivity contribution < 1.29 is 16.0 Å². The van der Waals surface area contributed by atoms with Gasteiger partial charge < -0.3 is 0 Å². The second-order valence-electron chi connectivity index (χ2n) is 2.16. The van der Waals surface area contributed by atoms with Crippen LogP contribution in [0.2, 0.25) is 0 Å². The summed E-state index contributed by atoms with van der Waals surface area (Å²) in [5.41, 5.74) is 2.26. The van der Waals surface area contributed by atoms with Gasteiger partial charge in [-0.05, 0) is 0 Å². The zero-order valence-electron chi connectivity index (χ0n) is 6.21. The van der Waals surface area contributed by atoms with Crippen LogP contribution in [-0.4, -0.2) is 10.2 Å². The van der Waals surface area contributed by atoms with Gasteiger partial charge in [0.15, 0.2) is 0 Å². The van der Waals surface area contributed by atoms with Gasteiger partial charge in [0.2, 0.25) is 0 Å². The summed E-state index contributed by atoms with van der Waals surface area (Å²) in [6.45, 7) is 4.19. The predicted molar refractivity (Wildman–Crippen MR) is 37.0 cm³/mol. The standard InChI is InChI=1S/C7H11N2.Fe/c1-3-6-5-7(4-2)9-8-6;/h3-4H2,1-2H3,(H,8,9);. The summed E-state index contributed by atoms with van der Waals surface area (Å²) in [6, 6.07) is 0. The molecule has 3 heteroatoms. The minimum absolute atomic E-state index is 0.968. The molecular weight excluding hydrogens is 168 g/mol. The topological polar surface area (TPSA) is 28.7 Å². The Morgan fingerprint density at radius 3 is 2.40 bits per heavy atom. The van der Waals surface area contributed by atoms with E-state index in [0.717, 1.165) is 28.7 Å². The summed E-state index contributed by atoms with van der Waals surface area (Å²) in [6.07, 6.45) is 1.96. The Hall–Kier alpha value is -0.271. The van der Waals surface area contributed by atoms with Gasteiger partial charge in [-0.3, -0.25) is 0 Å². The van der Waals surface area contributed by atoms with Crippen LogP contribution in [0.15, 0.2) is 0 Å². The molecule has 0 saturated carbocycles. The van der Waals surface area contributed by atoms with E-state index in [0.29, 0.717) is 0 Å². The van der Waals surface area contributed by atoms with Crippen molar-refractivity contribution in [1.82, 2.24) is 10.2 Å². The number of hydrogen-bond acceptors (Lipinski definition) is 1. The van der Waals surface area contributed by atoms with Crippen LogP contribution >= 0.6 is 0 Å². The normalized spacial score (nSPS) is 10.3. The third kappa shape index (κ3) is 1.25. The van der Waals surface area contributed by atoms with Crippen LogP contribution in [-0.2, 0) is 28.9 Å². The number of nitrogens with zero attached hydrogens (tertiary/aromatic N) is 1. The van der Waals surface area contributed by atoms with Gasteiger partial charge in [0.05, 0.1) is 0 Å². The molecule has 1 aromatic rings. The monoisotopic (exact) mass is 179 g/mol. The molecule has 0 atom stereocenters. The molecule has 0 bridgehead atoms. The molecule has 57 valence electrons. The molecule has 0 fully saturated rings. The average molecular weight is 179 g/mol. The number of aromatic nitrogens is 2. The van der Waals surface area contributed by atoms with Crippen LogP contribution < -0.4 is 4.46 Å². The Kier molecular flexibility index (Phi) is 2.52. The number of rotatable bonds is 2. The van der Waals surface area contributed by atoms with E-state index in [1.165, 1.54) is 0 Å². The molecule has 10 heavy (non-hydrogen) atoms. The van der Waals surface area contributed by atoms with Crippen LogP contribution in [0.3, 0.4) is 0 Å². The molecule has 1 aromatic heterocycles. The molecule has 0 amide bonds. The van der Waals surface area contributed by atoms with Crippen LogP contribution in [0.4, 0.5) is 0 Å². The van der Waals surface area contributed by atoms with Crippen LogP contribution in [0, 0.1) is 0 Å². The van der Waals surface area contributed by atoms with Crippen LogP contribution in [0.1, 0.15) is 25.2 Å². The molecule has 0 radical (unpaired) electrons. The molecule has 0 aliphatic heterocycles. The fourth-order valence-electron chi connectivity index (χ4n) is 0.864. The summed E-state index contributed by atoms with van der Waals surface area (Å²) in [5, 5.41) is 7.08. The van der Waals surface area contributed by atoms with Gasteiger partial charge in [-0.1, -0.05) is 0 Å². The summed E-state index contributed by atoms with van der Waals surface area (Å²) >= 11 is 3.93. The van der Waals surface area contributed by atoms with Gasteiger partial charge in [0.25, 0.3) is 0 Å². The van der Waals surface area contributed by atoms with Crippen molar-refractivity contribution in [3.8, 4) is 0 Å². The Labute approximate surface area is 69.2 Å². The fourth-order valence-corrected chi connectivity index (χ4v) is 1.38. The first-order valence-corrected chi connectivity index (χ1v) is 4.05. The van der Waals surface area contributed by atoms with Gasteiger partial charge in [0, 0.05) is 0 Å². The van der Waals surface area contributed by atoms with E-state index in [9.17, 15) is 0 Å². The zero-order chi connectivity index (χ0) is 7.56. The van der Waals surface area contributed by atoms with Crippen molar-refractivity contribution in [1.29, 1.82) is 0 Å². The summed E-state index contributed by atoms with van der Waals surface area (Å²) < 4.78 is 1.09. The van der Waals surface area contributed by atoms with E-state index in [-0.39, 0.29) is 0 Å². The van der Waals surface area contributed by atoms with Gasteiger partial charge >= 0.3 is 68.7 Å². The number of aryl methyl sites for hydroxylation is 2. The van der Waals surface area contributed by atoms with Crippen LogP contribution in [0.25, 0.3) is 0 Å². The number of nitrogens with one attached hydrogen (secondary N) is 1. The van der Waals surface area contributed by atoms with Gasteiger partial charge in [-0.15, -0.1) is 0 Å². The predicted octanol–water partition coefficient (Wildman–Crippen LogP) is 0.707. The Morgan fingerprint density at radius 1 is 1.40 bits per heavy atom. The molecule has 0 unspecified atom stereocenters. The van der Waals surface area contributed by atoms with E-state index in [1.54, 1.807) is 0 Å². The Balaban J connectivity index is 2.97. The molecule has 0 aromatic carbocycles. The maximum atomic E-state index is 4.12. The van der Waals surface area contributed by atoms with E-state index < -0.39 is 0 Å². The van der Waals surface area contributed by atoms with Crippen molar-refractivity contribution >= 4 is 4.46 Å². The number of hydrogen-bond donors (Lipinski definition) is 1. The van der Waals surface area contributed by atoms with Crippen molar-refractivity contribution in [3.05, 3.63) is 11.4 Å². The van der Waals surface area contributed by atoms with E-state index in [2.05, 4.69) is 40.1 Å². The molecule has 0 aliphatic rings. The Morgan fingerprint density at radius 2 is 2.10 bits per heavy atom. The van der Waals surface area contributed by atoms with E-state index in [4.69, 9.17) is 0 Å². The Bertz CT molecular complexity index is 196. The van der Waals surface area contributed by atoms with Gasteiger partial charge in [-0.2, -0.15) is 0 Å². The first kappa shape index (κ1) is 7.83. The number of aromatic amines is 1. The maximum absolute atomic E-state index is 4.12. The molecule has 1 rings (SSSR count). The SMILES string of the molecule is CCc1n[nH]c(CC)[c]1[Fe]. The average Bonchev–Trinajstić information content (AvgIpc) is 2.30. The van der Waals surface area contributed by atoms with Crippen LogP contribution in [0.5, 0.6) is 0 Å². The first-order chi connectivity index (χ1) is 4.79. The van der Waals surface area contributed by atoms with Gasteiger partial charge in [-0.25, -0.2) is 0 Å². The second-order valence-corrected chi connectivity index (χ2v) is 2.71. The summed E-state index contributed by atoms with van der Waals surface area (Å²) in [4.78, 5) is 0. The molecule has 2 nitrogen and oxygen atoms in total. The molecule has 0 saturated heterocycles. The van der Waals surface area contributed by atoms with Crippen molar-refractivity contribution in [2.75, 3.05) is 0 Å². The van der Waals surface area contributed by atoms with Crippen molar-refractivity contribution in [2.24, 2.45) is 0 Å².